The topological polar surface area (TPSA) is 78.7 Å². The van der Waals surface area contributed by atoms with E-state index in [1.807, 2.05) is 4.57 Å². The highest BCUT2D eigenvalue weighted by Gasteiger charge is 2.38. The molecule has 0 fully saturated rings. The van der Waals surface area contributed by atoms with Gasteiger partial charge in [-0.05, 0) is 24.3 Å². The van der Waals surface area contributed by atoms with E-state index in [0.717, 1.165) is 17.1 Å². The average Bonchev–Trinajstić information content (AvgIpc) is 3.23. The van der Waals surface area contributed by atoms with Crippen LogP contribution in [-0.4, -0.2) is 24.3 Å². The molecule has 3 aromatic heterocycles. The van der Waals surface area contributed by atoms with Gasteiger partial charge in [0.15, 0.2) is 0 Å². The summed E-state index contributed by atoms with van der Waals surface area (Å²) in [5.74, 6) is -1.16. The summed E-state index contributed by atoms with van der Waals surface area (Å²) in [7, 11) is 1.80. The molecule has 0 spiro atoms. The van der Waals surface area contributed by atoms with Gasteiger partial charge in [0.25, 0.3) is 5.56 Å². The van der Waals surface area contributed by atoms with Crippen LogP contribution in [0.1, 0.15) is 11.7 Å². The Kier molecular flexibility index (Phi) is 4.22. The summed E-state index contributed by atoms with van der Waals surface area (Å²) in [5.41, 5.74) is 1.23. The van der Waals surface area contributed by atoms with Crippen LogP contribution in [0.2, 0.25) is 5.02 Å². The maximum absolute atomic E-state index is 12.6. The van der Waals surface area contributed by atoms with Crippen LogP contribution >= 0.6 is 11.6 Å². The van der Waals surface area contributed by atoms with E-state index in [1.54, 1.807) is 25.2 Å². The summed E-state index contributed by atoms with van der Waals surface area (Å²) >= 11 is 6.00. The lowest BCUT2D eigenvalue weighted by Crippen LogP contribution is -2.20. The van der Waals surface area contributed by atoms with Gasteiger partial charge in [-0.2, -0.15) is 18.2 Å². The van der Waals surface area contributed by atoms with Crippen molar-refractivity contribution >= 4 is 22.6 Å². The Balaban J connectivity index is 1.65. The molecular formula is C17H11ClF3N5O2. The van der Waals surface area contributed by atoms with Gasteiger partial charge in [0.2, 0.25) is 5.82 Å². The molecule has 0 bridgehead atoms. The second-order valence-electron chi connectivity index (χ2n) is 6.02. The molecule has 3 heterocycles. The fourth-order valence-corrected chi connectivity index (χ4v) is 2.91. The third-order valence-corrected chi connectivity index (χ3v) is 4.41. The molecule has 0 aliphatic carbocycles. The normalized spacial score (nSPS) is 12.0. The summed E-state index contributed by atoms with van der Waals surface area (Å²) in [6.45, 7) is 0.169. The van der Waals surface area contributed by atoms with E-state index in [4.69, 9.17) is 11.6 Å². The Bertz CT molecular complexity index is 1240. The predicted octanol–water partition coefficient (Wildman–Crippen LogP) is 3.51. The summed E-state index contributed by atoms with van der Waals surface area (Å²) < 4.78 is 45.1. The third kappa shape index (κ3) is 3.26. The van der Waals surface area contributed by atoms with Gasteiger partial charge in [0.05, 0.1) is 17.6 Å². The standard InChI is InChI=1S/C17H11ClF3N5O2/c1-25-12-7-10(18)2-3-11(12)22-13(25)8-26-5-4-9(6-14(26)27)15-23-16(28-24-15)17(19,20)21/h2-7H,8H2,1H3. The van der Waals surface area contributed by atoms with Gasteiger partial charge in [-0.1, -0.05) is 16.8 Å². The molecule has 0 amide bonds. The van der Waals surface area contributed by atoms with Crippen LogP contribution in [0.3, 0.4) is 0 Å². The Morgan fingerprint density at radius 1 is 1.18 bits per heavy atom. The van der Waals surface area contributed by atoms with Crippen LogP contribution < -0.4 is 5.56 Å². The van der Waals surface area contributed by atoms with Crippen molar-refractivity contribution in [3.63, 3.8) is 0 Å². The number of pyridine rings is 1. The first-order valence-corrected chi connectivity index (χ1v) is 8.33. The monoisotopic (exact) mass is 409 g/mol. The van der Waals surface area contributed by atoms with Gasteiger partial charge in [-0.25, -0.2) is 4.98 Å². The maximum Gasteiger partial charge on any atom is 0.471 e. The number of hydrogen-bond donors (Lipinski definition) is 0. The summed E-state index contributed by atoms with van der Waals surface area (Å²) in [5, 5.41) is 3.85. The fraction of sp³-hybridized carbons (Fsp3) is 0.176. The number of benzene rings is 1. The zero-order valence-corrected chi connectivity index (χ0v) is 15.0. The molecule has 0 saturated heterocycles. The van der Waals surface area contributed by atoms with Crippen LogP contribution in [-0.2, 0) is 19.8 Å². The minimum atomic E-state index is -4.75. The summed E-state index contributed by atoms with van der Waals surface area (Å²) in [6.07, 6.45) is -3.31. The Labute approximate surface area is 160 Å². The highest BCUT2D eigenvalue weighted by molar-refractivity contribution is 6.31. The van der Waals surface area contributed by atoms with Crippen LogP contribution in [0.25, 0.3) is 22.4 Å². The lowest BCUT2D eigenvalue weighted by Gasteiger charge is -2.06. The number of alkyl halides is 3. The number of imidazole rings is 1. The number of halogens is 4. The van der Waals surface area contributed by atoms with Crippen molar-refractivity contribution in [2.24, 2.45) is 7.05 Å². The largest absolute Gasteiger partial charge is 0.471 e. The van der Waals surface area contributed by atoms with Crippen molar-refractivity contribution in [2.45, 2.75) is 12.7 Å². The van der Waals surface area contributed by atoms with Gasteiger partial charge in [-0.15, -0.1) is 0 Å². The van der Waals surface area contributed by atoms with E-state index in [0.29, 0.717) is 10.8 Å². The van der Waals surface area contributed by atoms with Crippen LogP contribution in [0.15, 0.2) is 45.8 Å². The minimum absolute atomic E-state index is 0.122. The number of rotatable bonds is 3. The van der Waals surface area contributed by atoms with E-state index in [9.17, 15) is 18.0 Å². The molecule has 4 aromatic rings. The Morgan fingerprint density at radius 3 is 2.64 bits per heavy atom. The van der Waals surface area contributed by atoms with Crippen LogP contribution in [0, 0.1) is 0 Å². The van der Waals surface area contributed by atoms with Crippen LogP contribution in [0.5, 0.6) is 0 Å². The number of aromatic nitrogens is 5. The van der Waals surface area contributed by atoms with Gasteiger partial charge in [-0.3, -0.25) is 4.79 Å². The number of aryl methyl sites for hydroxylation is 1. The first-order valence-electron chi connectivity index (χ1n) is 7.95. The predicted molar refractivity (Wildman–Crippen MR) is 93.8 cm³/mol. The van der Waals surface area contributed by atoms with Gasteiger partial charge in [0.1, 0.15) is 5.82 Å². The Hall–Kier alpha value is -3.14. The van der Waals surface area contributed by atoms with Crippen molar-refractivity contribution < 1.29 is 17.7 Å². The molecule has 0 aliphatic rings. The van der Waals surface area contributed by atoms with Crippen molar-refractivity contribution in [1.82, 2.24) is 24.3 Å². The molecule has 0 atom stereocenters. The molecule has 4 rings (SSSR count). The molecule has 1 aromatic carbocycles. The fourth-order valence-electron chi connectivity index (χ4n) is 2.74. The molecule has 7 nitrogen and oxygen atoms in total. The van der Waals surface area contributed by atoms with Crippen molar-refractivity contribution in [3.8, 4) is 11.4 Å². The average molecular weight is 410 g/mol. The number of fused-ring (bicyclic) bond motifs is 1. The van der Waals surface area contributed by atoms with E-state index >= 15 is 0 Å². The molecule has 11 heteroatoms. The zero-order valence-electron chi connectivity index (χ0n) is 14.2. The molecule has 0 saturated carbocycles. The number of nitrogens with zero attached hydrogens (tertiary/aromatic N) is 5. The quantitative estimate of drug-likeness (QED) is 0.517. The second-order valence-corrected chi connectivity index (χ2v) is 6.46. The first kappa shape index (κ1) is 18.2. The molecular weight excluding hydrogens is 399 g/mol. The van der Waals surface area contributed by atoms with Crippen molar-refractivity contribution in [1.29, 1.82) is 0 Å². The highest BCUT2D eigenvalue weighted by atomic mass is 35.5. The van der Waals surface area contributed by atoms with Gasteiger partial charge in [0, 0.05) is 29.9 Å². The first-order chi connectivity index (χ1) is 13.2. The summed E-state index contributed by atoms with van der Waals surface area (Å²) in [6, 6.07) is 7.85. The van der Waals surface area contributed by atoms with Crippen LogP contribution in [0.4, 0.5) is 13.2 Å². The number of hydrogen-bond acceptors (Lipinski definition) is 5. The van der Waals surface area contributed by atoms with Crippen molar-refractivity contribution in [3.05, 3.63) is 63.6 Å². The SMILES string of the molecule is Cn1c(Cn2ccc(-c3noc(C(F)(F)F)n3)cc2=O)nc2ccc(Cl)cc21. The smallest absolute Gasteiger partial charge is 0.330 e. The molecule has 0 N–H and O–H groups in total. The Morgan fingerprint density at radius 2 is 1.96 bits per heavy atom. The van der Waals surface area contributed by atoms with E-state index in [2.05, 4.69) is 19.6 Å². The van der Waals surface area contributed by atoms with E-state index in [-0.39, 0.29) is 17.9 Å². The maximum atomic E-state index is 12.6. The molecule has 0 aliphatic heterocycles. The molecule has 144 valence electrons. The summed E-state index contributed by atoms with van der Waals surface area (Å²) in [4.78, 5) is 20.2. The van der Waals surface area contributed by atoms with E-state index < -0.39 is 17.6 Å². The molecule has 28 heavy (non-hydrogen) atoms. The van der Waals surface area contributed by atoms with Gasteiger partial charge >= 0.3 is 12.1 Å². The van der Waals surface area contributed by atoms with Gasteiger partial charge < -0.3 is 13.7 Å². The highest BCUT2D eigenvalue weighted by Crippen LogP contribution is 2.29. The molecule has 0 radical (unpaired) electrons. The third-order valence-electron chi connectivity index (χ3n) is 4.17. The zero-order chi connectivity index (χ0) is 20.1. The lowest BCUT2D eigenvalue weighted by molar-refractivity contribution is -0.159. The second kappa shape index (κ2) is 6.48. The lowest BCUT2D eigenvalue weighted by atomic mass is 10.2. The van der Waals surface area contributed by atoms with Crippen molar-refractivity contribution in [2.75, 3.05) is 0 Å². The minimum Gasteiger partial charge on any atom is -0.330 e. The molecule has 0 unspecified atom stereocenters. The van der Waals surface area contributed by atoms with E-state index in [1.165, 1.54) is 16.8 Å².